The highest BCUT2D eigenvalue weighted by atomic mass is 32.1. The van der Waals surface area contributed by atoms with E-state index in [1.807, 2.05) is 30.3 Å². The van der Waals surface area contributed by atoms with E-state index in [1.54, 1.807) is 11.3 Å². The first-order valence-electron chi connectivity index (χ1n) is 15.9. The summed E-state index contributed by atoms with van der Waals surface area (Å²) in [5, 5.41) is 5.30. The second-order valence-electron chi connectivity index (χ2n) is 12.5. The SMILES string of the molecule is CCCCCCCCCCCCCCOc1c(NC(=O)c2cccc(C[n+]3cscc3C)c2)cccc1C(C)(C)C. The molecule has 0 saturated carbocycles. The van der Waals surface area contributed by atoms with E-state index >= 15 is 0 Å². The normalized spacial score (nSPS) is 11.5. The van der Waals surface area contributed by atoms with Crippen LogP contribution in [0.15, 0.2) is 53.4 Å². The Balaban J connectivity index is 1.52. The number of carbonyl (C=O) groups is 1. The van der Waals surface area contributed by atoms with Gasteiger partial charge in [-0.05, 0) is 30.0 Å². The number of ether oxygens (including phenoxy) is 1. The highest BCUT2D eigenvalue weighted by Crippen LogP contribution is 2.37. The van der Waals surface area contributed by atoms with Crippen molar-refractivity contribution in [2.24, 2.45) is 0 Å². The van der Waals surface area contributed by atoms with Gasteiger partial charge >= 0.3 is 0 Å². The number of unbranched alkanes of at least 4 members (excludes halogenated alkanes) is 11. The Morgan fingerprint density at radius 1 is 0.878 bits per heavy atom. The highest BCUT2D eigenvalue weighted by Gasteiger charge is 2.22. The number of anilines is 1. The molecule has 0 atom stereocenters. The second kappa shape index (κ2) is 17.3. The summed E-state index contributed by atoms with van der Waals surface area (Å²) in [7, 11) is 0. The van der Waals surface area contributed by atoms with Gasteiger partial charge in [-0.2, -0.15) is 4.57 Å². The van der Waals surface area contributed by atoms with Gasteiger partial charge in [0.25, 0.3) is 5.91 Å². The number of hydrogen-bond donors (Lipinski definition) is 1. The van der Waals surface area contributed by atoms with Crippen LogP contribution in [0.3, 0.4) is 0 Å². The molecule has 1 N–H and O–H groups in total. The first kappa shape index (κ1) is 32.8. The third-order valence-electron chi connectivity index (χ3n) is 7.74. The minimum atomic E-state index is -0.111. The lowest BCUT2D eigenvalue weighted by Gasteiger charge is -2.25. The molecule has 0 radical (unpaired) electrons. The van der Waals surface area contributed by atoms with Crippen molar-refractivity contribution in [2.45, 2.75) is 124 Å². The smallest absolute Gasteiger partial charge is 0.255 e. The Labute approximate surface area is 253 Å². The maximum absolute atomic E-state index is 13.4. The molecule has 41 heavy (non-hydrogen) atoms. The molecule has 1 aromatic heterocycles. The molecule has 0 saturated heterocycles. The standard InChI is InChI=1S/C36H52N2O2S/c1-6-7-8-9-10-11-12-13-14-15-16-17-24-40-34-32(36(3,4)5)22-19-23-33(34)37-35(39)31-21-18-20-30(25-31)26-38-28-41-27-29(38)2/h18-23,25,27-28H,6-17,24,26H2,1-5H3/p+1. The Morgan fingerprint density at radius 3 is 2.12 bits per heavy atom. The van der Waals surface area contributed by atoms with Gasteiger partial charge in [0.15, 0.2) is 12.2 Å². The zero-order valence-electron chi connectivity index (χ0n) is 26.3. The molecular weight excluding hydrogens is 524 g/mol. The molecule has 0 fully saturated rings. The molecule has 1 amide bonds. The summed E-state index contributed by atoms with van der Waals surface area (Å²) in [4.78, 5) is 13.4. The minimum absolute atomic E-state index is 0.0951. The van der Waals surface area contributed by atoms with Crippen LogP contribution < -0.4 is 14.6 Å². The minimum Gasteiger partial charge on any atom is -0.491 e. The van der Waals surface area contributed by atoms with Crippen LogP contribution in [0.1, 0.15) is 132 Å². The molecule has 2 aromatic carbocycles. The van der Waals surface area contributed by atoms with Gasteiger partial charge < -0.3 is 10.1 Å². The predicted molar refractivity (Wildman–Crippen MR) is 174 cm³/mol. The van der Waals surface area contributed by atoms with Gasteiger partial charge in [-0.1, -0.05) is 134 Å². The van der Waals surface area contributed by atoms with Crippen molar-refractivity contribution < 1.29 is 14.1 Å². The number of amides is 1. The van der Waals surface area contributed by atoms with Crippen molar-refractivity contribution in [1.82, 2.24) is 0 Å². The largest absolute Gasteiger partial charge is 0.491 e. The van der Waals surface area contributed by atoms with Crippen LogP contribution in [0, 0.1) is 6.92 Å². The number of nitrogens with one attached hydrogen (secondary N) is 1. The first-order chi connectivity index (χ1) is 19.8. The van der Waals surface area contributed by atoms with Crippen molar-refractivity contribution in [3.63, 3.8) is 0 Å². The zero-order valence-corrected chi connectivity index (χ0v) is 27.1. The van der Waals surface area contributed by atoms with Crippen LogP contribution >= 0.6 is 11.3 Å². The van der Waals surface area contributed by atoms with Crippen molar-refractivity contribution >= 4 is 22.9 Å². The van der Waals surface area contributed by atoms with Gasteiger partial charge in [0.1, 0.15) is 5.75 Å². The fourth-order valence-corrected chi connectivity index (χ4v) is 6.00. The number of aromatic nitrogens is 1. The summed E-state index contributed by atoms with van der Waals surface area (Å²) in [6.07, 6.45) is 15.8. The Hall–Kier alpha value is -2.66. The zero-order chi connectivity index (χ0) is 29.5. The summed E-state index contributed by atoms with van der Waals surface area (Å²) in [6, 6.07) is 14.0. The third-order valence-corrected chi connectivity index (χ3v) is 8.59. The van der Waals surface area contributed by atoms with Gasteiger partial charge in [-0.15, -0.1) is 0 Å². The van der Waals surface area contributed by atoms with Crippen LogP contribution in [-0.4, -0.2) is 12.5 Å². The lowest BCUT2D eigenvalue weighted by molar-refractivity contribution is -0.689. The number of para-hydroxylation sites is 1. The van der Waals surface area contributed by atoms with Crippen LogP contribution in [0.25, 0.3) is 0 Å². The van der Waals surface area contributed by atoms with Gasteiger partial charge in [0.2, 0.25) is 5.51 Å². The van der Waals surface area contributed by atoms with E-state index in [9.17, 15) is 4.79 Å². The predicted octanol–water partition coefficient (Wildman–Crippen LogP) is 10.0. The third kappa shape index (κ3) is 11.3. The van der Waals surface area contributed by atoms with Crippen molar-refractivity contribution in [3.05, 3.63) is 75.7 Å². The summed E-state index contributed by atoms with van der Waals surface area (Å²) in [5.74, 6) is 0.692. The maximum Gasteiger partial charge on any atom is 0.255 e. The van der Waals surface area contributed by atoms with E-state index < -0.39 is 0 Å². The Bertz CT molecular complexity index is 1190. The second-order valence-corrected chi connectivity index (χ2v) is 13.2. The molecule has 0 aliphatic carbocycles. The summed E-state index contributed by atoms with van der Waals surface area (Å²) >= 11 is 1.69. The van der Waals surface area contributed by atoms with Crippen LogP contribution in [-0.2, 0) is 12.0 Å². The fourth-order valence-electron chi connectivity index (χ4n) is 5.22. The molecular formula is C36H53N2O2S+. The topological polar surface area (TPSA) is 42.2 Å². The van der Waals surface area contributed by atoms with Gasteiger partial charge in [0.05, 0.1) is 17.7 Å². The molecule has 0 aliphatic heterocycles. The maximum atomic E-state index is 13.4. The number of aryl methyl sites for hydroxylation is 1. The van der Waals surface area contributed by atoms with Crippen molar-refractivity contribution in [1.29, 1.82) is 0 Å². The number of nitrogens with zero attached hydrogens (tertiary/aromatic N) is 1. The van der Waals surface area contributed by atoms with Gasteiger partial charge in [0, 0.05) is 23.6 Å². The van der Waals surface area contributed by atoms with Crippen LogP contribution in [0.4, 0.5) is 5.69 Å². The quantitative estimate of drug-likeness (QED) is 0.121. The average Bonchev–Trinajstić information content (AvgIpc) is 3.35. The number of benzene rings is 2. The number of hydrogen-bond acceptors (Lipinski definition) is 3. The number of rotatable bonds is 18. The molecule has 1 heterocycles. The van der Waals surface area contributed by atoms with Crippen LogP contribution in [0.2, 0.25) is 0 Å². The Morgan fingerprint density at radius 2 is 1.51 bits per heavy atom. The molecule has 0 bridgehead atoms. The molecule has 0 spiro atoms. The monoisotopic (exact) mass is 577 g/mol. The molecule has 0 unspecified atom stereocenters. The lowest BCUT2D eigenvalue weighted by atomic mass is 9.86. The van der Waals surface area contributed by atoms with Gasteiger partial charge in [-0.3, -0.25) is 4.79 Å². The van der Waals surface area contributed by atoms with E-state index in [-0.39, 0.29) is 11.3 Å². The lowest BCUT2D eigenvalue weighted by Crippen LogP contribution is -2.34. The van der Waals surface area contributed by atoms with E-state index in [1.165, 1.54) is 76.3 Å². The molecule has 224 valence electrons. The molecule has 3 rings (SSSR count). The summed E-state index contributed by atoms with van der Waals surface area (Å²) in [5.41, 5.74) is 6.86. The van der Waals surface area contributed by atoms with Crippen molar-refractivity contribution in [3.8, 4) is 5.75 Å². The Kier molecular flexibility index (Phi) is 13.9. The molecule has 4 nitrogen and oxygen atoms in total. The van der Waals surface area contributed by atoms with Crippen LogP contribution in [0.5, 0.6) is 5.75 Å². The summed E-state index contributed by atoms with van der Waals surface area (Å²) < 4.78 is 8.62. The summed E-state index contributed by atoms with van der Waals surface area (Å²) in [6.45, 7) is 12.4. The fraction of sp³-hybridized carbons (Fsp3) is 0.556. The van der Waals surface area contributed by atoms with E-state index in [4.69, 9.17) is 4.74 Å². The van der Waals surface area contributed by atoms with E-state index in [0.29, 0.717) is 12.2 Å². The average molecular weight is 578 g/mol. The highest BCUT2D eigenvalue weighted by molar-refractivity contribution is 7.07. The number of thiazole rings is 1. The number of carbonyl (C=O) groups excluding carboxylic acids is 1. The van der Waals surface area contributed by atoms with E-state index in [0.717, 1.165) is 35.5 Å². The first-order valence-corrected chi connectivity index (χ1v) is 16.8. The van der Waals surface area contributed by atoms with Crippen molar-refractivity contribution in [2.75, 3.05) is 11.9 Å². The van der Waals surface area contributed by atoms with Gasteiger partial charge in [-0.25, -0.2) is 0 Å². The molecule has 0 aliphatic rings. The molecule has 5 heteroatoms. The molecule has 3 aromatic rings. The van der Waals surface area contributed by atoms with E-state index in [2.05, 4.69) is 67.5 Å².